The number of carbonyl (C=O) groups is 1. The van der Waals surface area contributed by atoms with E-state index in [1.54, 1.807) is 7.11 Å². The van der Waals surface area contributed by atoms with Crippen molar-refractivity contribution in [2.45, 2.75) is 6.42 Å². The van der Waals surface area contributed by atoms with Crippen molar-refractivity contribution >= 4 is 5.78 Å². The summed E-state index contributed by atoms with van der Waals surface area (Å²) < 4.78 is 5.04. The van der Waals surface area contributed by atoms with Crippen LogP contribution in [0.2, 0.25) is 0 Å². The Morgan fingerprint density at radius 3 is 3.00 bits per heavy atom. The minimum atomic E-state index is 0.202. The molecule has 1 aliphatic rings. The van der Waals surface area contributed by atoms with Gasteiger partial charge in [0.1, 0.15) is 5.75 Å². The van der Waals surface area contributed by atoms with E-state index in [0.29, 0.717) is 6.42 Å². The van der Waals surface area contributed by atoms with E-state index in [0.717, 1.165) is 16.9 Å². The lowest BCUT2D eigenvalue weighted by atomic mass is 10.1. The van der Waals surface area contributed by atoms with Crippen molar-refractivity contribution in [3.8, 4) is 5.75 Å². The number of ether oxygens (including phenoxy) is 1. The van der Waals surface area contributed by atoms with E-state index >= 15 is 0 Å². The van der Waals surface area contributed by atoms with Gasteiger partial charge in [-0.3, -0.25) is 4.79 Å². The van der Waals surface area contributed by atoms with E-state index in [1.807, 2.05) is 24.6 Å². The average molecular weight is 161 g/mol. The first kappa shape index (κ1) is 7.35. The monoisotopic (exact) mass is 161 g/mol. The van der Waals surface area contributed by atoms with Crippen molar-refractivity contribution < 1.29 is 9.53 Å². The van der Waals surface area contributed by atoms with Crippen molar-refractivity contribution in [1.29, 1.82) is 0 Å². The van der Waals surface area contributed by atoms with Crippen LogP contribution in [0.5, 0.6) is 5.75 Å². The van der Waals surface area contributed by atoms with Gasteiger partial charge in [0.15, 0.2) is 5.78 Å². The molecule has 0 N–H and O–H groups in total. The van der Waals surface area contributed by atoms with Crippen molar-refractivity contribution in [1.82, 2.24) is 0 Å². The van der Waals surface area contributed by atoms with Gasteiger partial charge in [-0.25, -0.2) is 0 Å². The quantitative estimate of drug-likeness (QED) is 0.628. The van der Waals surface area contributed by atoms with Crippen LogP contribution in [0.15, 0.2) is 18.2 Å². The molecule has 0 saturated heterocycles. The molecule has 0 aliphatic heterocycles. The van der Waals surface area contributed by atoms with Crippen LogP contribution >= 0.6 is 0 Å². The first-order valence-electron chi connectivity index (χ1n) is 3.86. The van der Waals surface area contributed by atoms with Crippen LogP contribution < -0.4 is 4.74 Å². The lowest BCUT2D eigenvalue weighted by Gasteiger charge is -2.01. The van der Waals surface area contributed by atoms with Gasteiger partial charge in [-0.1, -0.05) is 0 Å². The van der Waals surface area contributed by atoms with Crippen molar-refractivity contribution in [2.24, 2.45) is 0 Å². The molecule has 1 aromatic rings. The van der Waals surface area contributed by atoms with Crippen molar-refractivity contribution in [3.05, 3.63) is 35.7 Å². The molecule has 2 heteroatoms. The maximum Gasteiger partial charge on any atom is 0.163 e. The van der Waals surface area contributed by atoms with E-state index in [9.17, 15) is 4.79 Å². The van der Waals surface area contributed by atoms with Crippen molar-refractivity contribution in [2.75, 3.05) is 7.11 Å². The first-order valence-corrected chi connectivity index (χ1v) is 3.86. The van der Waals surface area contributed by atoms with Gasteiger partial charge in [-0.15, -0.1) is 0 Å². The van der Waals surface area contributed by atoms with E-state index in [1.165, 1.54) is 0 Å². The highest BCUT2D eigenvalue weighted by molar-refractivity contribution is 6.02. The van der Waals surface area contributed by atoms with Crippen LogP contribution in [-0.4, -0.2) is 12.9 Å². The van der Waals surface area contributed by atoms with Gasteiger partial charge >= 0.3 is 0 Å². The second-order valence-corrected chi connectivity index (χ2v) is 2.78. The summed E-state index contributed by atoms with van der Waals surface area (Å²) in [4.78, 5) is 11.2. The molecule has 61 valence electrons. The molecule has 0 fully saturated rings. The van der Waals surface area contributed by atoms with Crippen LogP contribution in [-0.2, 0) is 0 Å². The predicted octanol–water partition coefficient (Wildman–Crippen LogP) is 1.83. The summed E-state index contributed by atoms with van der Waals surface area (Å²) in [5, 5.41) is 0. The highest BCUT2D eigenvalue weighted by atomic mass is 16.5. The Hall–Kier alpha value is -1.31. The number of carbonyl (C=O) groups excluding carboxylic acids is 1. The fourth-order valence-corrected chi connectivity index (χ4v) is 1.40. The summed E-state index contributed by atoms with van der Waals surface area (Å²) in [6.07, 6.45) is 2.46. The Labute approximate surface area is 71.2 Å². The Morgan fingerprint density at radius 2 is 2.25 bits per heavy atom. The minimum absolute atomic E-state index is 0.202. The number of methoxy groups -OCH3 is 1. The fourth-order valence-electron chi connectivity index (χ4n) is 1.40. The number of hydrogen-bond acceptors (Lipinski definition) is 2. The standard InChI is InChI=1S/C10H9O2/c1-12-8-3-4-9-7(6-8)2-5-10(9)11/h2-4,6H,5H2,1H3. The highest BCUT2D eigenvalue weighted by Crippen LogP contribution is 2.26. The zero-order chi connectivity index (χ0) is 8.55. The SMILES string of the molecule is COc1ccc2c(c1)[CH]CC2=O. The molecule has 2 rings (SSSR count). The molecule has 0 saturated carbocycles. The molecule has 1 aliphatic carbocycles. The number of hydrogen-bond donors (Lipinski definition) is 0. The third-order valence-electron chi connectivity index (χ3n) is 2.07. The number of rotatable bonds is 1. The predicted molar refractivity (Wildman–Crippen MR) is 45.3 cm³/mol. The molecular formula is C10H9O2. The molecule has 0 spiro atoms. The molecule has 0 heterocycles. The molecule has 0 bridgehead atoms. The second kappa shape index (κ2) is 2.63. The lowest BCUT2D eigenvalue weighted by molar-refractivity contribution is 0.100. The largest absolute Gasteiger partial charge is 0.497 e. The molecule has 1 aromatic carbocycles. The third-order valence-corrected chi connectivity index (χ3v) is 2.07. The number of fused-ring (bicyclic) bond motifs is 1. The van der Waals surface area contributed by atoms with E-state index < -0.39 is 0 Å². The normalized spacial score (nSPS) is 14.6. The number of benzene rings is 1. The topological polar surface area (TPSA) is 26.3 Å². The smallest absolute Gasteiger partial charge is 0.163 e. The van der Waals surface area contributed by atoms with Gasteiger partial charge in [0.2, 0.25) is 0 Å². The minimum Gasteiger partial charge on any atom is -0.497 e. The molecule has 12 heavy (non-hydrogen) atoms. The summed E-state index contributed by atoms with van der Waals surface area (Å²) in [5.41, 5.74) is 1.81. The lowest BCUT2D eigenvalue weighted by Crippen LogP contribution is -1.91. The summed E-state index contributed by atoms with van der Waals surface area (Å²) in [5.74, 6) is 1.01. The van der Waals surface area contributed by atoms with Gasteiger partial charge in [-0.05, 0) is 30.2 Å². The van der Waals surface area contributed by atoms with Gasteiger partial charge in [-0.2, -0.15) is 0 Å². The molecule has 1 radical (unpaired) electrons. The Kier molecular flexibility index (Phi) is 1.61. The van der Waals surface area contributed by atoms with E-state index in [-0.39, 0.29) is 5.78 Å². The van der Waals surface area contributed by atoms with Gasteiger partial charge in [0.25, 0.3) is 0 Å². The van der Waals surface area contributed by atoms with Crippen LogP contribution in [0.3, 0.4) is 0 Å². The number of ketones is 1. The van der Waals surface area contributed by atoms with Gasteiger partial charge < -0.3 is 4.74 Å². The third kappa shape index (κ3) is 0.998. The Morgan fingerprint density at radius 1 is 1.42 bits per heavy atom. The van der Waals surface area contributed by atoms with E-state index in [4.69, 9.17) is 4.74 Å². The van der Waals surface area contributed by atoms with Gasteiger partial charge in [0, 0.05) is 12.0 Å². The molecule has 0 unspecified atom stereocenters. The number of Topliss-reactive ketones (excluding diaryl/α,β-unsaturated/α-hetero) is 1. The molecule has 0 atom stereocenters. The first-order chi connectivity index (χ1) is 5.81. The van der Waals surface area contributed by atoms with Crippen LogP contribution in [0.25, 0.3) is 0 Å². The molecule has 0 amide bonds. The van der Waals surface area contributed by atoms with Crippen molar-refractivity contribution in [3.63, 3.8) is 0 Å². The zero-order valence-corrected chi connectivity index (χ0v) is 6.83. The maximum absolute atomic E-state index is 11.2. The highest BCUT2D eigenvalue weighted by Gasteiger charge is 2.19. The second-order valence-electron chi connectivity index (χ2n) is 2.78. The van der Waals surface area contributed by atoms with Crippen LogP contribution in [0.1, 0.15) is 22.3 Å². The van der Waals surface area contributed by atoms with E-state index in [2.05, 4.69) is 0 Å². The summed E-state index contributed by atoms with van der Waals surface area (Å²) >= 11 is 0. The van der Waals surface area contributed by atoms with Gasteiger partial charge in [0.05, 0.1) is 7.11 Å². The molecular weight excluding hydrogens is 152 g/mol. The summed E-state index contributed by atoms with van der Waals surface area (Å²) in [6, 6.07) is 5.52. The summed E-state index contributed by atoms with van der Waals surface area (Å²) in [7, 11) is 1.62. The van der Waals surface area contributed by atoms with Crippen LogP contribution in [0.4, 0.5) is 0 Å². The average Bonchev–Trinajstić information content (AvgIpc) is 2.47. The Bertz CT molecular complexity index is 329. The Balaban J connectivity index is 2.48. The van der Waals surface area contributed by atoms with Crippen LogP contribution in [0, 0.1) is 6.42 Å². The summed E-state index contributed by atoms with van der Waals surface area (Å²) in [6.45, 7) is 0. The fraction of sp³-hybridized carbons (Fsp3) is 0.200. The molecule has 0 aromatic heterocycles. The zero-order valence-electron chi connectivity index (χ0n) is 6.83. The molecule has 2 nitrogen and oxygen atoms in total. The maximum atomic E-state index is 11.2.